The maximum Gasteiger partial charge on any atom is 0.259 e. The number of nitrogens with one attached hydrogen (secondary N) is 2. The zero-order chi connectivity index (χ0) is 15.0. The first-order valence-electron chi connectivity index (χ1n) is 6.40. The molecule has 0 radical (unpaired) electrons. The largest absolute Gasteiger partial charge is 0.484 e. The summed E-state index contributed by atoms with van der Waals surface area (Å²) < 4.78 is 5.38. The van der Waals surface area contributed by atoms with E-state index < -0.39 is 0 Å². The van der Waals surface area contributed by atoms with Crippen LogP contribution < -0.4 is 15.4 Å². The van der Waals surface area contributed by atoms with Crippen LogP contribution in [0.3, 0.4) is 0 Å². The molecule has 6 nitrogen and oxygen atoms in total. The van der Waals surface area contributed by atoms with E-state index in [1.807, 2.05) is 0 Å². The summed E-state index contributed by atoms with van der Waals surface area (Å²) in [6.07, 6.45) is 0.403. The molecule has 2 amide bonds. The molecule has 0 aromatic heterocycles. The van der Waals surface area contributed by atoms with E-state index in [-0.39, 0.29) is 18.4 Å². The quantitative estimate of drug-likeness (QED) is 0.771. The van der Waals surface area contributed by atoms with Crippen LogP contribution in [0.25, 0.3) is 0 Å². The molecule has 0 fully saturated rings. The number of carbonyl (C=O) groups is 2. The van der Waals surface area contributed by atoms with Crippen molar-refractivity contribution in [2.24, 2.45) is 0 Å². The molecule has 0 bridgehead atoms. The van der Waals surface area contributed by atoms with Gasteiger partial charge in [0.1, 0.15) is 5.75 Å². The maximum atomic E-state index is 11.6. The van der Waals surface area contributed by atoms with Crippen LogP contribution in [0.4, 0.5) is 5.69 Å². The van der Waals surface area contributed by atoms with Crippen molar-refractivity contribution in [2.45, 2.75) is 6.42 Å². The van der Waals surface area contributed by atoms with E-state index in [4.69, 9.17) is 4.74 Å². The molecular formula is C14H21N3O3. The number of benzene rings is 1. The molecule has 0 heterocycles. The minimum absolute atomic E-state index is 0.0237. The second-order valence-electron chi connectivity index (χ2n) is 4.51. The van der Waals surface area contributed by atoms with Crippen LogP contribution in [0.1, 0.15) is 6.42 Å². The van der Waals surface area contributed by atoms with E-state index in [2.05, 4.69) is 10.6 Å². The average molecular weight is 279 g/mol. The third-order valence-corrected chi connectivity index (χ3v) is 2.58. The van der Waals surface area contributed by atoms with Gasteiger partial charge in [-0.2, -0.15) is 0 Å². The molecule has 0 spiro atoms. The minimum atomic E-state index is -0.117. The van der Waals surface area contributed by atoms with E-state index in [0.717, 1.165) is 0 Å². The summed E-state index contributed by atoms with van der Waals surface area (Å²) >= 11 is 0. The van der Waals surface area contributed by atoms with Gasteiger partial charge in [0.05, 0.1) is 0 Å². The fraction of sp³-hybridized carbons (Fsp3) is 0.429. The summed E-state index contributed by atoms with van der Waals surface area (Å²) in [4.78, 5) is 24.5. The summed E-state index contributed by atoms with van der Waals surface area (Å²) in [5.74, 6) is 0.362. The Morgan fingerprint density at radius 2 is 2.05 bits per heavy atom. The van der Waals surface area contributed by atoms with Crippen molar-refractivity contribution in [1.82, 2.24) is 10.2 Å². The van der Waals surface area contributed by atoms with Gasteiger partial charge in [0, 0.05) is 38.8 Å². The molecule has 0 saturated carbocycles. The topological polar surface area (TPSA) is 70.7 Å². The molecule has 2 N–H and O–H groups in total. The molecule has 0 saturated heterocycles. The summed E-state index contributed by atoms with van der Waals surface area (Å²) in [6, 6.07) is 6.98. The summed E-state index contributed by atoms with van der Waals surface area (Å²) in [6.45, 7) is 0.601. The normalized spacial score (nSPS) is 9.95. The molecule has 6 heteroatoms. The van der Waals surface area contributed by atoms with E-state index in [9.17, 15) is 9.59 Å². The third-order valence-electron chi connectivity index (χ3n) is 2.58. The summed E-state index contributed by atoms with van der Waals surface area (Å²) in [7, 11) is 5.14. The molecule has 0 aliphatic heterocycles. The number of nitrogens with zero attached hydrogens (tertiary/aromatic N) is 1. The Balaban J connectivity index is 2.53. The SMILES string of the molecule is CNCCC(=O)Nc1cccc(OCC(=O)N(C)C)c1. The highest BCUT2D eigenvalue weighted by molar-refractivity contribution is 5.91. The van der Waals surface area contributed by atoms with Gasteiger partial charge in [-0.3, -0.25) is 9.59 Å². The minimum Gasteiger partial charge on any atom is -0.484 e. The van der Waals surface area contributed by atoms with Gasteiger partial charge < -0.3 is 20.3 Å². The van der Waals surface area contributed by atoms with Crippen LogP contribution in [0.15, 0.2) is 24.3 Å². The van der Waals surface area contributed by atoms with Crippen molar-refractivity contribution >= 4 is 17.5 Å². The Morgan fingerprint density at radius 1 is 1.30 bits per heavy atom. The molecule has 1 aromatic rings. The van der Waals surface area contributed by atoms with Crippen molar-refractivity contribution in [1.29, 1.82) is 0 Å². The second-order valence-corrected chi connectivity index (χ2v) is 4.51. The number of likely N-dealkylation sites (N-methyl/N-ethyl adjacent to an activating group) is 1. The number of anilines is 1. The van der Waals surface area contributed by atoms with Crippen molar-refractivity contribution in [3.63, 3.8) is 0 Å². The number of amides is 2. The highest BCUT2D eigenvalue weighted by Gasteiger charge is 2.06. The first-order valence-corrected chi connectivity index (χ1v) is 6.40. The Bertz CT molecular complexity index is 461. The fourth-order valence-electron chi connectivity index (χ4n) is 1.40. The van der Waals surface area contributed by atoms with Gasteiger partial charge in [-0.05, 0) is 19.2 Å². The molecule has 1 aromatic carbocycles. The summed E-state index contributed by atoms with van der Waals surface area (Å²) in [5, 5.41) is 5.68. The third kappa shape index (κ3) is 5.71. The van der Waals surface area contributed by atoms with Crippen LogP contribution in [-0.2, 0) is 9.59 Å². The Kier molecular flexibility index (Phi) is 6.52. The Hall–Kier alpha value is -2.08. The number of hydrogen-bond donors (Lipinski definition) is 2. The molecule has 0 aliphatic carbocycles. The number of ether oxygens (including phenoxy) is 1. The van der Waals surface area contributed by atoms with E-state index in [1.54, 1.807) is 45.4 Å². The molecule has 1 rings (SSSR count). The van der Waals surface area contributed by atoms with Crippen molar-refractivity contribution in [2.75, 3.05) is 39.6 Å². The van der Waals surface area contributed by atoms with Gasteiger partial charge in [0.2, 0.25) is 5.91 Å². The maximum absolute atomic E-state index is 11.6. The molecule has 0 aliphatic rings. The molecular weight excluding hydrogens is 258 g/mol. The number of hydrogen-bond acceptors (Lipinski definition) is 4. The smallest absolute Gasteiger partial charge is 0.259 e. The number of carbonyl (C=O) groups excluding carboxylic acids is 2. The molecule has 0 atom stereocenters. The number of rotatable bonds is 7. The Labute approximate surface area is 119 Å². The predicted molar refractivity (Wildman–Crippen MR) is 77.8 cm³/mol. The van der Waals surface area contributed by atoms with Gasteiger partial charge in [-0.15, -0.1) is 0 Å². The monoisotopic (exact) mass is 279 g/mol. The predicted octanol–water partition coefficient (Wildman–Crippen LogP) is 0.702. The standard InChI is InChI=1S/C14H21N3O3/c1-15-8-7-13(18)16-11-5-4-6-12(9-11)20-10-14(19)17(2)3/h4-6,9,15H,7-8,10H2,1-3H3,(H,16,18). The van der Waals surface area contributed by atoms with Gasteiger partial charge >= 0.3 is 0 Å². The summed E-state index contributed by atoms with van der Waals surface area (Å²) in [5.41, 5.74) is 0.654. The lowest BCUT2D eigenvalue weighted by Gasteiger charge is -2.12. The zero-order valence-electron chi connectivity index (χ0n) is 12.1. The lowest BCUT2D eigenvalue weighted by atomic mass is 10.3. The average Bonchev–Trinajstić information content (AvgIpc) is 2.42. The van der Waals surface area contributed by atoms with Crippen LogP contribution in [0.5, 0.6) is 5.75 Å². The van der Waals surface area contributed by atoms with E-state index >= 15 is 0 Å². The highest BCUT2D eigenvalue weighted by Crippen LogP contribution is 2.17. The van der Waals surface area contributed by atoms with Crippen molar-refractivity contribution in [3.05, 3.63) is 24.3 Å². The van der Waals surface area contributed by atoms with Crippen LogP contribution >= 0.6 is 0 Å². The van der Waals surface area contributed by atoms with Gasteiger partial charge in [0.15, 0.2) is 6.61 Å². The van der Waals surface area contributed by atoms with Crippen LogP contribution in [0.2, 0.25) is 0 Å². The van der Waals surface area contributed by atoms with Gasteiger partial charge in [0.25, 0.3) is 5.91 Å². The molecule has 20 heavy (non-hydrogen) atoms. The van der Waals surface area contributed by atoms with E-state index in [1.165, 1.54) is 4.90 Å². The van der Waals surface area contributed by atoms with Crippen LogP contribution in [-0.4, -0.2) is 51.0 Å². The van der Waals surface area contributed by atoms with Crippen molar-refractivity contribution in [3.8, 4) is 5.75 Å². The fourth-order valence-corrected chi connectivity index (χ4v) is 1.40. The zero-order valence-corrected chi connectivity index (χ0v) is 12.1. The lowest BCUT2D eigenvalue weighted by molar-refractivity contribution is -0.130. The highest BCUT2D eigenvalue weighted by atomic mass is 16.5. The Morgan fingerprint density at radius 3 is 2.70 bits per heavy atom. The van der Waals surface area contributed by atoms with Gasteiger partial charge in [-0.25, -0.2) is 0 Å². The van der Waals surface area contributed by atoms with Crippen molar-refractivity contribution < 1.29 is 14.3 Å². The van der Waals surface area contributed by atoms with E-state index in [0.29, 0.717) is 24.4 Å². The lowest BCUT2D eigenvalue weighted by Crippen LogP contribution is -2.27. The second kappa shape index (κ2) is 8.16. The first-order chi connectivity index (χ1) is 9.52. The van der Waals surface area contributed by atoms with Gasteiger partial charge in [-0.1, -0.05) is 6.07 Å². The molecule has 0 unspecified atom stereocenters. The molecule has 110 valence electrons. The first kappa shape index (κ1) is 16.0. The van der Waals surface area contributed by atoms with Crippen LogP contribution in [0, 0.1) is 0 Å².